The average molecular weight is 293 g/mol. The molecular formula is C14H15NO6. The fourth-order valence-electron chi connectivity index (χ4n) is 2.01. The quantitative estimate of drug-likeness (QED) is 0.824. The van der Waals surface area contributed by atoms with Crippen LogP contribution in [0.1, 0.15) is 0 Å². The lowest BCUT2D eigenvalue weighted by Gasteiger charge is -2.31. The molecule has 0 fully saturated rings. The lowest BCUT2D eigenvalue weighted by Crippen LogP contribution is -2.38. The van der Waals surface area contributed by atoms with Crippen LogP contribution in [-0.2, 0) is 23.8 Å². The first kappa shape index (κ1) is 14.9. The number of phenolic OH excluding ortho intramolecular Hbond substituents is 1. The number of hydrogen-bond acceptors (Lipinski definition) is 7. The predicted octanol–water partition coefficient (Wildman–Crippen LogP) is 0.786. The number of anilines is 1. The van der Waals surface area contributed by atoms with Crippen LogP contribution in [0.25, 0.3) is 0 Å². The summed E-state index contributed by atoms with van der Waals surface area (Å²) in [6, 6.07) is 6.24. The SMILES string of the molecule is COC(=O)C1=C(C(=O)OC)N(c2cccc(O)c2)COC1. The van der Waals surface area contributed by atoms with Gasteiger partial charge in [0, 0.05) is 11.8 Å². The highest BCUT2D eigenvalue weighted by atomic mass is 16.5. The Labute approximate surface area is 121 Å². The van der Waals surface area contributed by atoms with Crippen molar-refractivity contribution < 1.29 is 28.9 Å². The molecule has 0 radical (unpaired) electrons. The Morgan fingerprint density at radius 1 is 1.24 bits per heavy atom. The molecule has 2 rings (SSSR count). The van der Waals surface area contributed by atoms with Gasteiger partial charge in [-0.15, -0.1) is 0 Å². The predicted molar refractivity (Wildman–Crippen MR) is 72.5 cm³/mol. The van der Waals surface area contributed by atoms with Gasteiger partial charge in [-0.05, 0) is 12.1 Å². The van der Waals surface area contributed by atoms with E-state index in [0.717, 1.165) is 0 Å². The molecule has 1 N–H and O–H groups in total. The van der Waals surface area contributed by atoms with Crippen LogP contribution in [0.3, 0.4) is 0 Å². The topological polar surface area (TPSA) is 85.3 Å². The van der Waals surface area contributed by atoms with E-state index in [-0.39, 0.29) is 30.4 Å². The second-order valence-electron chi connectivity index (χ2n) is 4.24. The van der Waals surface area contributed by atoms with Crippen molar-refractivity contribution in [3.8, 4) is 5.75 Å². The first-order chi connectivity index (χ1) is 10.1. The summed E-state index contributed by atoms with van der Waals surface area (Å²) in [7, 11) is 2.44. The van der Waals surface area contributed by atoms with Crippen LogP contribution in [0, 0.1) is 0 Å². The highest BCUT2D eigenvalue weighted by Gasteiger charge is 2.32. The van der Waals surface area contributed by atoms with E-state index in [9.17, 15) is 14.7 Å². The highest BCUT2D eigenvalue weighted by molar-refractivity contribution is 6.03. The van der Waals surface area contributed by atoms with E-state index in [1.165, 1.54) is 31.3 Å². The number of hydrogen-bond donors (Lipinski definition) is 1. The minimum absolute atomic E-state index is 0.0295. The van der Waals surface area contributed by atoms with Crippen molar-refractivity contribution in [3.63, 3.8) is 0 Å². The number of esters is 2. The first-order valence-electron chi connectivity index (χ1n) is 6.12. The molecular weight excluding hydrogens is 278 g/mol. The normalized spacial score (nSPS) is 14.9. The zero-order chi connectivity index (χ0) is 15.4. The summed E-state index contributed by atoms with van der Waals surface area (Å²) in [6.45, 7) is 0.000797. The fourth-order valence-corrected chi connectivity index (χ4v) is 2.01. The van der Waals surface area contributed by atoms with E-state index >= 15 is 0 Å². The molecule has 1 heterocycles. The molecule has 0 unspecified atom stereocenters. The molecule has 112 valence electrons. The van der Waals surface area contributed by atoms with Crippen molar-refractivity contribution in [1.29, 1.82) is 0 Å². The van der Waals surface area contributed by atoms with E-state index < -0.39 is 11.9 Å². The van der Waals surface area contributed by atoms with Crippen LogP contribution < -0.4 is 4.90 Å². The van der Waals surface area contributed by atoms with Crippen LogP contribution in [-0.4, -0.2) is 44.6 Å². The van der Waals surface area contributed by atoms with Crippen molar-refractivity contribution >= 4 is 17.6 Å². The van der Waals surface area contributed by atoms with E-state index in [0.29, 0.717) is 5.69 Å². The molecule has 0 saturated heterocycles. The molecule has 21 heavy (non-hydrogen) atoms. The van der Waals surface area contributed by atoms with Gasteiger partial charge in [0.1, 0.15) is 18.2 Å². The van der Waals surface area contributed by atoms with E-state index in [2.05, 4.69) is 4.74 Å². The zero-order valence-corrected chi connectivity index (χ0v) is 11.7. The Hall–Kier alpha value is -2.54. The number of carbonyl (C=O) groups excluding carboxylic acids is 2. The smallest absolute Gasteiger partial charge is 0.355 e. The molecule has 0 saturated carbocycles. The third kappa shape index (κ3) is 2.97. The molecule has 1 aromatic rings. The van der Waals surface area contributed by atoms with E-state index in [1.807, 2.05) is 0 Å². The van der Waals surface area contributed by atoms with Crippen molar-refractivity contribution in [1.82, 2.24) is 0 Å². The van der Waals surface area contributed by atoms with Gasteiger partial charge in [-0.2, -0.15) is 0 Å². The standard InChI is InChI=1S/C14H15NO6/c1-19-13(17)11-7-21-8-15(12(11)14(18)20-2)9-4-3-5-10(16)6-9/h3-6,16H,7-8H2,1-2H3. The average Bonchev–Trinajstić information content (AvgIpc) is 2.52. The second kappa shape index (κ2) is 6.27. The summed E-state index contributed by atoms with van der Waals surface area (Å²) >= 11 is 0. The molecule has 7 heteroatoms. The van der Waals surface area contributed by atoms with Gasteiger partial charge in [-0.25, -0.2) is 9.59 Å². The Balaban J connectivity index is 2.53. The minimum atomic E-state index is -0.679. The zero-order valence-electron chi connectivity index (χ0n) is 11.7. The maximum atomic E-state index is 12.0. The van der Waals surface area contributed by atoms with Gasteiger partial charge >= 0.3 is 11.9 Å². The molecule has 0 aliphatic carbocycles. The van der Waals surface area contributed by atoms with Crippen molar-refractivity contribution in [3.05, 3.63) is 35.5 Å². The Bertz CT molecular complexity index is 595. The number of benzene rings is 1. The van der Waals surface area contributed by atoms with E-state index in [1.54, 1.807) is 12.1 Å². The van der Waals surface area contributed by atoms with E-state index in [4.69, 9.17) is 9.47 Å². The van der Waals surface area contributed by atoms with Gasteiger partial charge in [0.2, 0.25) is 0 Å². The van der Waals surface area contributed by atoms with Crippen LogP contribution >= 0.6 is 0 Å². The number of methoxy groups -OCH3 is 2. The van der Waals surface area contributed by atoms with Crippen LogP contribution in [0.15, 0.2) is 35.5 Å². The Morgan fingerprint density at radius 2 is 1.95 bits per heavy atom. The summed E-state index contributed by atoms with van der Waals surface area (Å²) in [4.78, 5) is 25.3. The van der Waals surface area contributed by atoms with Crippen molar-refractivity contribution in [2.24, 2.45) is 0 Å². The number of carbonyl (C=O) groups is 2. The largest absolute Gasteiger partial charge is 0.508 e. The summed E-state index contributed by atoms with van der Waals surface area (Å²) in [5.74, 6) is -1.32. The number of rotatable bonds is 3. The minimum Gasteiger partial charge on any atom is -0.508 e. The highest BCUT2D eigenvalue weighted by Crippen LogP contribution is 2.28. The summed E-state index contributed by atoms with van der Waals surface area (Å²) < 4.78 is 14.7. The molecule has 0 atom stereocenters. The molecule has 0 amide bonds. The second-order valence-corrected chi connectivity index (χ2v) is 4.24. The fraction of sp³-hybridized carbons (Fsp3) is 0.286. The van der Waals surface area contributed by atoms with Gasteiger partial charge in [-0.1, -0.05) is 6.07 Å². The summed E-state index contributed by atoms with van der Waals surface area (Å²) in [5, 5.41) is 9.56. The summed E-state index contributed by atoms with van der Waals surface area (Å²) in [5.41, 5.74) is 0.608. The number of ether oxygens (including phenoxy) is 3. The third-order valence-corrected chi connectivity index (χ3v) is 2.97. The molecule has 1 aliphatic heterocycles. The van der Waals surface area contributed by atoms with Crippen LogP contribution in [0.4, 0.5) is 5.69 Å². The first-order valence-corrected chi connectivity index (χ1v) is 6.12. The van der Waals surface area contributed by atoms with Gasteiger partial charge in [0.05, 0.1) is 26.4 Å². The Morgan fingerprint density at radius 3 is 2.57 bits per heavy atom. The number of aromatic hydroxyl groups is 1. The van der Waals surface area contributed by atoms with Crippen LogP contribution in [0.5, 0.6) is 5.75 Å². The van der Waals surface area contributed by atoms with Crippen LogP contribution in [0.2, 0.25) is 0 Å². The Kier molecular flexibility index (Phi) is 4.44. The molecule has 7 nitrogen and oxygen atoms in total. The monoisotopic (exact) mass is 293 g/mol. The van der Waals surface area contributed by atoms with Gasteiger partial charge < -0.3 is 24.2 Å². The molecule has 0 bridgehead atoms. The molecule has 0 spiro atoms. The number of phenols is 1. The number of nitrogens with zero attached hydrogens (tertiary/aromatic N) is 1. The molecule has 0 aromatic heterocycles. The maximum absolute atomic E-state index is 12.0. The van der Waals surface area contributed by atoms with Gasteiger partial charge in [-0.3, -0.25) is 0 Å². The maximum Gasteiger partial charge on any atom is 0.355 e. The summed E-state index contributed by atoms with van der Waals surface area (Å²) in [6.07, 6.45) is 0. The lowest BCUT2D eigenvalue weighted by atomic mass is 10.1. The van der Waals surface area contributed by atoms with Gasteiger partial charge in [0.15, 0.2) is 0 Å². The molecule has 1 aliphatic rings. The molecule has 1 aromatic carbocycles. The van der Waals surface area contributed by atoms with Gasteiger partial charge in [0.25, 0.3) is 0 Å². The third-order valence-electron chi connectivity index (χ3n) is 2.97. The lowest BCUT2D eigenvalue weighted by molar-refractivity contribution is -0.140. The van der Waals surface area contributed by atoms with Crippen molar-refractivity contribution in [2.45, 2.75) is 0 Å². The van der Waals surface area contributed by atoms with Crippen molar-refractivity contribution in [2.75, 3.05) is 32.5 Å².